The van der Waals surface area contributed by atoms with Crippen LogP contribution in [0.5, 0.6) is 0 Å². The topological polar surface area (TPSA) is 3.88 Å². The third-order valence-corrected chi connectivity index (χ3v) is 3.02. The lowest BCUT2D eigenvalue weighted by atomic mass is 9.98. The summed E-state index contributed by atoms with van der Waals surface area (Å²) < 4.78 is 49.1. The maximum atomic E-state index is 8.32. The number of pyridine rings is 1. The summed E-state index contributed by atoms with van der Waals surface area (Å²) in [5.41, 5.74) is 3.01. The highest BCUT2D eigenvalue weighted by molar-refractivity contribution is 5.62. The van der Waals surface area contributed by atoms with E-state index >= 15 is 0 Å². The van der Waals surface area contributed by atoms with Gasteiger partial charge in [0.25, 0.3) is 0 Å². The lowest BCUT2D eigenvalue weighted by Crippen LogP contribution is -2.30. The summed E-state index contributed by atoms with van der Waals surface area (Å²) in [5, 5.41) is 0. The van der Waals surface area contributed by atoms with Gasteiger partial charge < -0.3 is 0 Å². The van der Waals surface area contributed by atoms with Crippen LogP contribution in [-0.4, -0.2) is 0 Å². The van der Waals surface area contributed by atoms with Gasteiger partial charge in [0.1, 0.15) is 8.42 Å². The number of rotatable bonds is 3. The zero-order valence-electron chi connectivity index (χ0n) is 17.9. The maximum absolute atomic E-state index is 8.32. The second-order valence-corrected chi connectivity index (χ2v) is 5.15. The van der Waals surface area contributed by atoms with E-state index in [-0.39, 0.29) is 17.7 Å². The van der Waals surface area contributed by atoms with E-state index in [1.165, 1.54) is 0 Å². The minimum Gasteiger partial charge on any atom is -0.201 e. The molecule has 0 bridgehead atoms. The van der Waals surface area contributed by atoms with Gasteiger partial charge in [0.2, 0.25) is 5.69 Å². The van der Waals surface area contributed by atoms with Crippen LogP contribution in [0.4, 0.5) is 0 Å². The highest BCUT2D eigenvalue weighted by Crippen LogP contribution is 2.22. The molecule has 2 aromatic rings. The molecule has 0 aliphatic carbocycles. The monoisotopic (exact) mass is 260 g/mol. The van der Waals surface area contributed by atoms with Crippen LogP contribution in [0.1, 0.15) is 38.8 Å². The number of hydrogen-bond acceptors (Lipinski definition) is 0. The first-order chi connectivity index (χ1) is 11.4. The summed E-state index contributed by atoms with van der Waals surface area (Å²) in [6.45, 7) is 3.29. The molecule has 2 rings (SSSR count). The van der Waals surface area contributed by atoms with E-state index in [1.54, 1.807) is 41.9 Å². The molecule has 0 atom stereocenters. The Bertz CT molecular complexity index is 793. The van der Waals surface area contributed by atoms with Crippen LogP contribution in [0.2, 0.25) is 0 Å². The summed E-state index contributed by atoms with van der Waals surface area (Å²) in [6.07, 6.45) is -1.35. The molecule has 0 spiro atoms. The van der Waals surface area contributed by atoms with Gasteiger partial charge in [-0.3, -0.25) is 0 Å². The van der Waals surface area contributed by atoms with Crippen molar-refractivity contribution in [3.8, 4) is 11.3 Å². The van der Waals surface area contributed by atoms with Gasteiger partial charge in [0, 0.05) is 24.5 Å². The maximum Gasteiger partial charge on any atom is 0.212 e. The van der Waals surface area contributed by atoms with Crippen molar-refractivity contribution in [1.29, 1.82) is 0 Å². The molecule has 1 nitrogen and oxygen atoms in total. The third-order valence-electron chi connectivity index (χ3n) is 3.02. The van der Waals surface area contributed by atoms with Crippen LogP contribution < -0.4 is 4.57 Å². The fourth-order valence-electron chi connectivity index (χ4n) is 2.15. The van der Waals surface area contributed by atoms with Crippen molar-refractivity contribution < 1.29 is 12.8 Å². The van der Waals surface area contributed by atoms with Gasteiger partial charge in [-0.25, -0.2) is 4.57 Å². The highest BCUT2D eigenvalue weighted by atomic mass is 14.9. The molecule has 0 aliphatic heterocycles. The predicted molar refractivity (Wildman–Crippen MR) is 81.1 cm³/mol. The van der Waals surface area contributed by atoms with E-state index in [2.05, 4.69) is 0 Å². The molecule has 0 N–H and O–H groups in total. The number of benzene rings is 1. The first-order valence-corrected chi connectivity index (χ1v) is 6.48. The lowest BCUT2D eigenvalue weighted by molar-refractivity contribution is -0.660. The smallest absolute Gasteiger partial charge is 0.201 e. The molecule has 1 aromatic heterocycles. The van der Waals surface area contributed by atoms with E-state index in [4.69, 9.17) is 8.22 Å². The number of nitrogens with zero attached hydrogens (tertiary/aromatic N) is 1. The van der Waals surface area contributed by atoms with Gasteiger partial charge in [-0.2, -0.15) is 0 Å². The molecular formula is C18H24N+. The van der Waals surface area contributed by atoms with E-state index in [1.807, 2.05) is 20.8 Å². The second-order valence-electron chi connectivity index (χ2n) is 5.15. The van der Waals surface area contributed by atoms with E-state index in [0.29, 0.717) is 11.3 Å². The molecule has 0 saturated heterocycles. The van der Waals surface area contributed by atoms with Crippen LogP contribution in [0.15, 0.2) is 36.5 Å². The zero-order valence-corrected chi connectivity index (χ0v) is 11.9. The normalized spacial score (nSPS) is 17.1. The summed E-state index contributed by atoms with van der Waals surface area (Å²) in [5.74, 6) is -0.230. The summed E-state index contributed by atoms with van der Waals surface area (Å²) in [4.78, 5) is 0. The van der Waals surface area contributed by atoms with Gasteiger partial charge in [-0.1, -0.05) is 31.5 Å². The molecule has 0 amide bonds. The Hall–Kier alpha value is -1.63. The molecule has 1 heterocycles. The molecular weight excluding hydrogens is 230 g/mol. The number of hydrogen-bond donors (Lipinski definition) is 0. The number of aromatic nitrogens is 1. The molecule has 0 aliphatic rings. The Morgan fingerprint density at radius 2 is 2.11 bits per heavy atom. The molecule has 1 aromatic carbocycles. The molecule has 19 heavy (non-hydrogen) atoms. The summed E-state index contributed by atoms with van der Waals surface area (Å²) in [6, 6.07) is 8.25. The SMILES string of the molecule is [2H]c1cc(C([2H])([2H])C(C)C)cc(-c2ccc(C([2H])([2H])[2H])cc2C)[n+]1C. The van der Waals surface area contributed by atoms with Crippen molar-refractivity contribution in [3.05, 3.63) is 53.2 Å². The van der Waals surface area contributed by atoms with Gasteiger partial charge >= 0.3 is 0 Å². The van der Waals surface area contributed by atoms with Crippen LogP contribution in [0, 0.1) is 19.7 Å². The quantitative estimate of drug-likeness (QED) is 0.735. The Kier molecular flexibility index (Phi) is 2.29. The minimum absolute atomic E-state index is 0.205. The van der Waals surface area contributed by atoms with E-state index < -0.39 is 13.2 Å². The fraction of sp³-hybridized carbons (Fsp3) is 0.389. The van der Waals surface area contributed by atoms with Crippen molar-refractivity contribution in [1.82, 2.24) is 0 Å². The Morgan fingerprint density at radius 1 is 1.32 bits per heavy atom. The third kappa shape index (κ3) is 3.23. The average molecular weight is 260 g/mol. The van der Waals surface area contributed by atoms with Crippen LogP contribution in [0.25, 0.3) is 11.3 Å². The first-order valence-electron chi connectivity index (χ1n) is 9.48. The van der Waals surface area contributed by atoms with Gasteiger partial charge in [-0.05, 0) is 43.3 Å². The van der Waals surface area contributed by atoms with Gasteiger partial charge in [0.15, 0.2) is 6.17 Å². The first kappa shape index (κ1) is 7.84. The zero-order chi connectivity index (χ0) is 19.2. The number of aryl methyl sites for hydroxylation is 2. The van der Waals surface area contributed by atoms with Crippen molar-refractivity contribution in [2.24, 2.45) is 13.0 Å². The second kappa shape index (κ2) is 5.56. The van der Waals surface area contributed by atoms with Crippen LogP contribution >= 0.6 is 0 Å². The molecule has 0 fully saturated rings. The van der Waals surface area contributed by atoms with E-state index in [0.717, 1.165) is 11.1 Å². The summed E-state index contributed by atoms with van der Waals surface area (Å²) >= 11 is 0. The molecule has 0 unspecified atom stereocenters. The molecule has 100 valence electrons. The van der Waals surface area contributed by atoms with Crippen LogP contribution in [-0.2, 0) is 13.4 Å². The van der Waals surface area contributed by atoms with Gasteiger partial charge in [-0.15, -0.1) is 0 Å². The minimum atomic E-state index is -2.16. The lowest BCUT2D eigenvalue weighted by Gasteiger charge is -2.09. The summed E-state index contributed by atoms with van der Waals surface area (Å²) in [7, 11) is 1.75. The van der Waals surface area contributed by atoms with Gasteiger partial charge in [0.05, 0.1) is 0 Å². The van der Waals surface area contributed by atoms with E-state index in [9.17, 15) is 0 Å². The largest absolute Gasteiger partial charge is 0.212 e. The Balaban J connectivity index is 2.66. The Labute approximate surface area is 125 Å². The standard InChI is InChI=1S/C18H24N/c1-13(2)10-16-8-9-19(5)18(12-16)17-7-6-14(3)11-15(17)4/h6-9,11-13H,10H2,1-5H3/q+1/i3D3,9D,10D2. The van der Waals surface area contributed by atoms with Crippen molar-refractivity contribution >= 4 is 0 Å². The molecule has 0 radical (unpaired) electrons. The van der Waals surface area contributed by atoms with Crippen molar-refractivity contribution in [2.45, 2.75) is 34.0 Å². The Morgan fingerprint density at radius 3 is 2.74 bits per heavy atom. The van der Waals surface area contributed by atoms with Crippen molar-refractivity contribution in [2.75, 3.05) is 0 Å². The average Bonchev–Trinajstić information content (AvgIpc) is 2.48. The van der Waals surface area contributed by atoms with Crippen LogP contribution in [0.3, 0.4) is 0 Å². The predicted octanol–water partition coefficient (Wildman–Crippen LogP) is 3.99. The molecule has 1 heteroatoms. The molecule has 0 saturated carbocycles. The van der Waals surface area contributed by atoms with Crippen molar-refractivity contribution in [3.63, 3.8) is 0 Å². The fourth-order valence-corrected chi connectivity index (χ4v) is 2.15. The highest BCUT2D eigenvalue weighted by Gasteiger charge is 2.13.